The van der Waals surface area contributed by atoms with Gasteiger partial charge < -0.3 is 0 Å². The van der Waals surface area contributed by atoms with Crippen LogP contribution in [0.4, 0.5) is 11.5 Å². The minimum atomic E-state index is -3.73. The minimum absolute atomic E-state index is 0.0164. The number of sulfonamides is 1. The van der Waals surface area contributed by atoms with Gasteiger partial charge in [-0.3, -0.25) is 14.7 Å². The largest absolute Gasteiger partial charge is 0.299 e. The van der Waals surface area contributed by atoms with E-state index in [0.29, 0.717) is 11.5 Å². The Labute approximate surface area is 133 Å². The van der Waals surface area contributed by atoms with Gasteiger partial charge in [0.25, 0.3) is 0 Å². The number of anilines is 1. The summed E-state index contributed by atoms with van der Waals surface area (Å²) in [5.41, 5.74) is 1.33. The van der Waals surface area contributed by atoms with Crippen molar-refractivity contribution >= 4 is 33.7 Å². The van der Waals surface area contributed by atoms with Crippen LogP contribution in [0, 0.1) is 0 Å². The zero-order valence-electron chi connectivity index (χ0n) is 12.2. The summed E-state index contributed by atoms with van der Waals surface area (Å²) in [5, 5.41) is 5.04. The molecule has 0 aliphatic carbocycles. The van der Waals surface area contributed by atoms with E-state index in [0.717, 1.165) is 5.56 Å². The third kappa shape index (κ3) is 2.86. The summed E-state index contributed by atoms with van der Waals surface area (Å²) in [6.07, 6.45) is 3.17. The Balaban J connectivity index is 1.87. The van der Waals surface area contributed by atoms with Gasteiger partial charge in [0.05, 0.1) is 10.6 Å². The van der Waals surface area contributed by atoms with Gasteiger partial charge in [0.1, 0.15) is 11.7 Å². The van der Waals surface area contributed by atoms with Crippen molar-refractivity contribution in [1.29, 1.82) is 0 Å². The molecule has 2 N–H and O–H groups in total. The van der Waals surface area contributed by atoms with Crippen molar-refractivity contribution in [2.24, 2.45) is 10.1 Å². The first-order valence-electron chi connectivity index (χ1n) is 6.77. The standard InChI is InChI=1S/C15H14N4O3S/c1-19-14-12(3-2-8-17-14)13(15(19)20)9-18-10-4-6-11(7-5-10)23(16,21)22/h2-9,13H,1H3,(H2,16,21,22). The zero-order valence-corrected chi connectivity index (χ0v) is 13.1. The van der Waals surface area contributed by atoms with Crippen molar-refractivity contribution in [1.82, 2.24) is 4.98 Å². The number of amides is 1. The monoisotopic (exact) mass is 330 g/mol. The maximum absolute atomic E-state index is 12.3. The number of aliphatic imine (C=N–C) groups is 1. The average Bonchev–Trinajstić information content (AvgIpc) is 2.77. The molecule has 1 aliphatic rings. The molecule has 0 saturated carbocycles. The highest BCUT2D eigenvalue weighted by atomic mass is 32.2. The van der Waals surface area contributed by atoms with Crippen LogP contribution >= 0.6 is 0 Å². The normalized spacial score (nSPS) is 17.7. The fourth-order valence-electron chi connectivity index (χ4n) is 2.40. The number of nitrogens with two attached hydrogens (primary N) is 1. The van der Waals surface area contributed by atoms with Crippen LogP contribution in [0.15, 0.2) is 52.5 Å². The molecule has 1 aromatic heterocycles. The van der Waals surface area contributed by atoms with E-state index in [-0.39, 0.29) is 10.8 Å². The molecule has 0 fully saturated rings. The number of pyridine rings is 1. The lowest BCUT2D eigenvalue weighted by Gasteiger charge is -2.07. The van der Waals surface area contributed by atoms with Crippen LogP contribution in [0.3, 0.4) is 0 Å². The van der Waals surface area contributed by atoms with Gasteiger partial charge in [-0.25, -0.2) is 18.5 Å². The summed E-state index contributed by atoms with van der Waals surface area (Å²) in [4.78, 5) is 22.2. The van der Waals surface area contributed by atoms with Crippen molar-refractivity contribution < 1.29 is 13.2 Å². The molecule has 23 heavy (non-hydrogen) atoms. The number of nitrogens with zero attached hydrogens (tertiary/aromatic N) is 3. The molecule has 7 nitrogen and oxygen atoms in total. The van der Waals surface area contributed by atoms with Crippen LogP contribution in [0.25, 0.3) is 0 Å². The highest BCUT2D eigenvalue weighted by molar-refractivity contribution is 7.89. The molecule has 0 bridgehead atoms. The SMILES string of the molecule is CN1C(=O)C(C=Nc2ccc(S(N)(=O)=O)cc2)c2cccnc21. The number of primary sulfonamides is 1. The van der Waals surface area contributed by atoms with Crippen LogP contribution in [0.1, 0.15) is 11.5 Å². The number of carbonyl (C=O) groups excluding carboxylic acids is 1. The molecule has 8 heteroatoms. The number of rotatable bonds is 3. The van der Waals surface area contributed by atoms with Gasteiger partial charge >= 0.3 is 0 Å². The van der Waals surface area contributed by atoms with Crippen LogP contribution < -0.4 is 10.0 Å². The highest BCUT2D eigenvalue weighted by Gasteiger charge is 2.34. The summed E-state index contributed by atoms with van der Waals surface area (Å²) >= 11 is 0. The lowest BCUT2D eigenvalue weighted by atomic mass is 10.0. The second kappa shape index (κ2) is 5.56. The average molecular weight is 330 g/mol. The van der Waals surface area contributed by atoms with Gasteiger partial charge in [-0.15, -0.1) is 0 Å². The van der Waals surface area contributed by atoms with Crippen molar-refractivity contribution in [3.8, 4) is 0 Å². The molecule has 0 spiro atoms. The Kier molecular flexibility index (Phi) is 3.70. The Morgan fingerprint density at radius 2 is 1.96 bits per heavy atom. The highest BCUT2D eigenvalue weighted by Crippen LogP contribution is 2.33. The van der Waals surface area contributed by atoms with E-state index in [4.69, 9.17) is 5.14 Å². The Bertz CT molecular complexity index is 891. The molecule has 0 saturated heterocycles. The van der Waals surface area contributed by atoms with E-state index in [9.17, 15) is 13.2 Å². The van der Waals surface area contributed by atoms with E-state index >= 15 is 0 Å². The molecular weight excluding hydrogens is 316 g/mol. The predicted molar refractivity (Wildman–Crippen MR) is 86.4 cm³/mol. The Hall–Kier alpha value is -2.58. The number of fused-ring (bicyclic) bond motifs is 1. The number of hydrogen-bond acceptors (Lipinski definition) is 5. The van der Waals surface area contributed by atoms with Crippen molar-refractivity contribution in [2.45, 2.75) is 10.8 Å². The molecule has 0 radical (unpaired) electrons. The molecule has 2 aromatic rings. The quantitative estimate of drug-likeness (QED) is 0.853. The topological polar surface area (TPSA) is 106 Å². The Morgan fingerprint density at radius 1 is 1.26 bits per heavy atom. The smallest absolute Gasteiger partial charge is 0.241 e. The third-order valence-corrected chi connectivity index (χ3v) is 4.53. The third-order valence-electron chi connectivity index (χ3n) is 3.60. The molecular formula is C15H14N4O3S. The van der Waals surface area contributed by atoms with Gasteiger partial charge in [-0.1, -0.05) is 6.07 Å². The molecule has 1 aliphatic heterocycles. The summed E-state index contributed by atoms with van der Waals surface area (Å²) in [6, 6.07) is 9.42. The van der Waals surface area contributed by atoms with Gasteiger partial charge in [0.2, 0.25) is 15.9 Å². The first-order valence-corrected chi connectivity index (χ1v) is 8.32. The summed E-state index contributed by atoms with van der Waals surface area (Å²) in [6.45, 7) is 0. The first-order chi connectivity index (χ1) is 10.9. The Morgan fingerprint density at radius 3 is 2.61 bits per heavy atom. The van der Waals surface area contributed by atoms with Crippen LogP contribution in [-0.4, -0.2) is 32.6 Å². The number of aromatic nitrogens is 1. The molecule has 3 rings (SSSR count). The molecule has 1 amide bonds. The van der Waals surface area contributed by atoms with Crippen molar-refractivity contribution in [3.05, 3.63) is 48.2 Å². The van der Waals surface area contributed by atoms with E-state index in [1.54, 1.807) is 19.3 Å². The number of likely N-dealkylation sites (N-methyl/N-ethyl adjacent to an activating group) is 1. The van der Waals surface area contributed by atoms with Gasteiger partial charge in [0, 0.05) is 25.0 Å². The second-order valence-corrected chi connectivity index (χ2v) is 6.67. The zero-order chi connectivity index (χ0) is 16.6. The first kappa shape index (κ1) is 15.3. The maximum Gasteiger partial charge on any atom is 0.241 e. The number of carbonyl (C=O) groups is 1. The maximum atomic E-state index is 12.3. The van der Waals surface area contributed by atoms with Crippen LogP contribution in [-0.2, 0) is 14.8 Å². The van der Waals surface area contributed by atoms with Crippen LogP contribution in [0.2, 0.25) is 0 Å². The van der Waals surface area contributed by atoms with Gasteiger partial charge in [0.15, 0.2) is 0 Å². The van der Waals surface area contributed by atoms with Gasteiger partial charge in [-0.05, 0) is 30.3 Å². The summed E-state index contributed by atoms with van der Waals surface area (Å²) in [5.74, 6) is 0.0174. The van der Waals surface area contributed by atoms with E-state index in [1.165, 1.54) is 35.4 Å². The van der Waals surface area contributed by atoms with E-state index < -0.39 is 15.9 Å². The second-order valence-electron chi connectivity index (χ2n) is 5.11. The summed E-state index contributed by atoms with van der Waals surface area (Å²) < 4.78 is 22.4. The van der Waals surface area contributed by atoms with Crippen molar-refractivity contribution in [3.63, 3.8) is 0 Å². The fourth-order valence-corrected chi connectivity index (χ4v) is 2.92. The van der Waals surface area contributed by atoms with Gasteiger partial charge in [-0.2, -0.15) is 0 Å². The van der Waals surface area contributed by atoms with E-state index in [1.807, 2.05) is 6.07 Å². The molecule has 1 atom stereocenters. The number of hydrogen-bond donors (Lipinski definition) is 1. The fraction of sp³-hybridized carbons (Fsp3) is 0.133. The van der Waals surface area contributed by atoms with E-state index in [2.05, 4.69) is 9.98 Å². The molecule has 1 aromatic carbocycles. The lowest BCUT2D eigenvalue weighted by molar-refractivity contribution is -0.117. The number of benzene rings is 1. The summed E-state index contributed by atoms with van der Waals surface area (Å²) in [7, 11) is -2.06. The van der Waals surface area contributed by atoms with Crippen LogP contribution in [0.5, 0.6) is 0 Å². The molecule has 2 heterocycles. The lowest BCUT2D eigenvalue weighted by Crippen LogP contribution is -2.24. The predicted octanol–water partition coefficient (Wildman–Crippen LogP) is 1.19. The minimum Gasteiger partial charge on any atom is -0.299 e. The van der Waals surface area contributed by atoms with Crippen molar-refractivity contribution in [2.75, 3.05) is 11.9 Å². The molecule has 1 unspecified atom stereocenters. The molecule has 118 valence electrons.